The Labute approximate surface area is 123 Å². The van der Waals surface area contributed by atoms with Crippen molar-refractivity contribution in [2.24, 2.45) is 0 Å². The predicted octanol–water partition coefficient (Wildman–Crippen LogP) is 3.05. The Bertz CT molecular complexity index is 433. The second-order valence-corrected chi connectivity index (χ2v) is 5.97. The first-order chi connectivity index (χ1) is 8.99. The van der Waals surface area contributed by atoms with Crippen molar-refractivity contribution in [3.05, 3.63) is 24.3 Å². The Morgan fingerprint density at radius 3 is 2.53 bits per heavy atom. The van der Waals surface area contributed by atoms with Crippen LogP contribution in [0.25, 0.3) is 0 Å². The van der Waals surface area contributed by atoms with Crippen LogP contribution in [0.2, 0.25) is 0 Å². The van der Waals surface area contributed by atoms with Crippen molar-refractivity contribution in [1.82, 2.24) is 0 Å². The number of aliphatic carboxylic acids is 1. The molecule has 0 unspecified atom stereocenters. The van der Waals surface area contributed by atoms with Crippen molar-refractivity contribution in [2.45, 2.75) is 12.8 Å². The number of carboxylic acids is 1. The van der Waals surface area contributed by atoms with Crippen molar-refractivity contribution in [3.8, 4) is 0 Å². The Kier molecular flexibility index (Phi) is 6.66. The molecular formula is C13H18N2O2S2. The van der Waals surface area contributed by atoms with Crippen LogP contribution in [0.4, 0.5) is 11.4 Å². The minimum Gasteiger partial charge on any atom is -0.481 e. The van der Waals surface area contributed by atoms with Crippen molar-refractivity contribution in [2.75, 3.05) is 30.1 Å². The van der Waals surface area contributed by atoms with Gasteiger partial charge in [0.2, 0.25) is 0 Å². The number of hydrogen-bond acceptors (Lipinski definition) is 4. The van der Waals surface area contributed by atoms with E-state index in [0.717, 1.165) is 11.4 Å². The summed E-state index contributed by atoms with van der Waals surface area (Å²) in [6.45, 7) is 0. The molecule has 1 aromatic rings. The molecule has 1 aromatic carbocycles. The summed E-state index contributed by atoms with van der Waals surface area (Å²) in [5.74, 6) is -0.0489. The molecule has 0 aliphatic rings. The summed E-state index contributed by atoms with van der Waals surface area (Å²) in [5.41, 5.74) is 2.08. The molecular weight excluding hydrogens is 280 g/mol. The maximum Gasteiger partial charge on any atom is 0.303 e. The predicted molar refractivity (Wildman–Crippen MR) is 86.3 cm³/mol. The van der Waals surface area contributed by atoms with Gasteiger partial charge < -0.3 is 15.3 Å². The van der Waals surface area contributed by atoms with Gasteiger partial charge in [-0.1, -0.05) is 24.0 Å². The number of thiocarbonyl (C=S) groups is 1. The highest BCUT2D eigenvalue weighted by atomic mass is 32.2. The number of hydrogen-bond donors (Lipinski definition) is 2. The van der Waals surface area contributed by atoms with Crippen LogP contribution < -0.4 is 10.2 Å². The molecule has 0 saturated carbocycles. The zero-order chi connectivity index (χ0) is 14.3. The number of benzene rings is 1. The number of thioether (sulfide) groups is 1. The monoisotopic (exact) mass is 298 g/mol. The van der Waals surface area contributed by atoms with Gasteiger partial charge in [-0.15, -0.1) is 0 Å². The summed E-state index contributed by atoms with van der Waals surface area (Å²) < 4.78 is 0.669. The number of nitrogens with one attached hydrogen (secondary N) is 1. The molecule has 19 heavy (non-hydrogen) atoms. The molecule has 0 heterocycles. The smallest absolute Gasteiger partial charge is 0.303 e. The normalized spacial score (nSPS) is 10.0. The molecule has 0 amide bonds. The van der Waals surface area contributed by atoms with Crippen LogP contribution in [-0.4, -0.2) is 35.2 Å². The first-order valence-electron chi connectivity index (χ1n) is 5.92. The molecule has 0 spiro atoms. The summed E-state index contributed by atoms with van der Waals surface area (Å²) in [5, 5.41) is 11.6. The summed E-state index contributed by atoms with van der Waals surface area (Å²) >= 11 is 6.66. The molecule has 2 N–H and O–H groups in total. The topological polar surface area (TPSA) is 52.6 Å². The lowest BCUT2D eigenvalue weighted by molar-refractivity contribution is -0.137. The van der Waals surface area contributed by atoms with E-state index in [0.29, 0.717) is 16.5 Å². The second kappa shape index (κ2) is 8.01. The zero-order valence-electron chi connectivity index (χ0n) is 11.0. The van der Waals surface area contributed by atoms with Crippen LogP contribution in [0.15, 0.2) is 24.3 Å². The van der Waals surface area contributed by atoms with E-state index in [4.69, 9.17) is 17.3 Å². The lowest BCUT2D eigenvalue weighted by Gasteiger charge is -2.13. The molecule has 1 rings (SSSR count). The number of carbonyl (C=O) groups is 1. The maximum absolute atomic E-state index is 10.4. The zero-order valence-corrected chi connectivity index (χ0v) is 12.7. The summed E-state index contributed by atoms with van der Waals surface area (Å²) in [4.78, 5) is 12.4. The van der Waals surface area contributed by atoms with E-state index in [2.05, 4.69) is 5.32 Å². The molecule has 0 bridgehead atoms. The van der Waals surface area contributed by atoms with Gasteiger partial charge in [0.1, 0.15) is 4.32 Å². The van der Waals surface area contributed by atoms with E-state index in [1.165, 1.54) is 11.8 Å². The molecule has 6 heteroatoms. The lowest BCUT2D eigenvalue weighted by Crippen LogP contribution is -2.09. The first-order valence-corrected chi connectivity index (χ1v) is 7.31. The van der Waals surface area contributed by atoms with Gasteiger partial charge in [-0.3, -0.25) is 4.79 Å². The fourth-order valence-electron chi connectivity index (χ4n) is 1.39. The van der Waals surface area contributed by atoms with E-state index in [1.807, 2.05) is 43.3 Å². The second-order valence-electron chi connectivity index (χ2n) is 4.20. The quantitative estimate of drug-likeness (QED) is 0.622. The van der Waals surface area contributed by atoms with E-state index >= 15 is 0 Å². The van der Waals surface area contributed by atoms with Gasteiger partial charge in [-0.2, -0.15) is 0 Å². The van der Waals surface area contributed by atoms with E-state index < -0.39 is 5.97 Å². The van der Waals surface area contributed by atoms with Crippen LogP contribution in [0.3, 0.4) is 0 Å². The standard InChI is InChI=1S/C13H18N2O2S2/c1-15(2)11-7-5-10(6-8-11)14-13(18)19-9-3-4-12(16)17/h5-8H,3-4,9H2,1-2H3,(H,14,18)(H,16,17). The van der Waals surface area contributed by atoms with Gasteiger partial charge in [0.15, 0.2) is 0 Å². The highest BCUT2D eigenvalue weighted by Crippen LogP contribution is 2.17. The Morgan fingerprint density at radius 1 is 1.37 bits per heavy atom. The van der Waals surface area contributed by atoms with E-state index in [1.54, 1.807) is 0 Å². The summed E-state index contributed by atoms with van der Waals surface area (Å²) in [6.07, 6.45) is 0.814. The van der Waals surface area contributed by atoms with Gasteiger partial charge in [0.25, 0.3) is 0 Å². The van der Waals surface area contributed by atoms with Crippen LogP contribution in [0, 0.1) is 0 Å². The molecule has 0 radical (unpaired) electrons. The minimum absolute atomic E-state index is 0.188. The van der Waals surface area contributed by atoms with Gasteiger partial charge in [-0.05, 0) is 30.7 Å². The van der Waals surface area contributed by atoms with Gasteiger partial charge in [-0.25, -0.2) is 0 Å². The van der Waals surface area contributed by atoms with Gasteiger partial charge >= 0.3 is 5.97 Å². The average Bonchev–Trinajstić information content (AvgIpc) is 2.35. The Balaban J connectivity index is 2.33. The maximum atomic E-state index is 10.4. The SMILES string of the molecule is CN(C)c1ccc(NC(=S)SCCCC(=O)O)cc1. The summed E-state index contributed by atoms with van der Waals surface area (Å²) in [7, 11) is 3.98. The molecule has 0 saturated heterocycles. The van der Waals surface area contributed by atoms with Crippen molar-refractivity contribution < 1.29 is 9.90 Å². The number of rotatable bonds is 6. The highest BCUT2D eigenvalue weighted by Gasteiger charge is 2.02. The fourth-order valence-corrected chi connectivity index (χ4v) is 2.42. The van der Waals surface area contributed by atoms with Crippen LogP contribution >= 0.6 is 24.0 Å². The molecule has 104 valence electrons. The van der Waals surface area contributed by atoms with Crippen LogP contribution in [0.5, 0.6) is 0 Å². The molecule has 0 aliphatic heterocycles. The molecule has 0 fully saturated rings. The van der Waals surface area contributed by atoms with Crippen LogP contribution in [0.1, 0.15) is 12.8 Å². The van der Waals surface area contributed by atoms with Crippen molar-refractivity contribution in [1.29, 1.82) is 0 Å². The summed E-state index contributed by atoms with van der Waals surface area (Å²) in [6, 6.07) is 7.97. The third-order valence-electron chi connectivity index (χ3n) is 2.40. The minimum atomic E-state index is -0.765. The number of nitrogens with zero attached hydrogens (tertiary/aromatic N) is 1. The highest BCUT2D eigenvalue weighted by molar-refractivity contribution is 8.23. The fraction of sp³-hybridized carbons (Fsp3) is 0.385. The molecule has 0 atom stereocenters. The van der Waals surface area contributed by atoms with Crippen LogP contribution in [-0.2, 0) is 4.79 Å². The average molecular weight is 298 g/mol. The van der Waals surface area contributed by atoms with E-state index in [9.17, 15) is 4.79 Å². The van der Waals surface area contributed by atoms with Gasteiger partial charge in [0.05, 0.1) is 0 Å². The van der Waals surface area contributed by atoms with Crippen molar-refractivity contribution in [3.63, 3.8) is 0 Å². The van der Waals surface area contributed by atoms with Gasteiger partial charge in [0, 0.05) is 37.6 Å². The number of carboxylic acid groups (broad SMARTS) is 1. The molecule has 0 aromatic heterocycles. The molecule has 4 nitrogen and oxygen atoms in total. The van der Waals surface area contributed by atoms with E-state index in [-0.39, 0.29) is 6.42 Å². The third kappa shape index (κ3) is 6.45. The Hall–Kier alpha value is -1.27. The Morgan fingerprint density at radius 2 is 2.00 bits per heavy atom. The molecule has 0 aliphatic carbocycles. The third-order valence-corrected chi connectivity index (χ3v) is 3.71. The number of anilines is 2. The lowest BCUT2D eigenvalue weighted by atomic mass is 10.3. The largest absolute Gasteiger partial charge is 0.481 e. The first kappa shape index (κ1) is 15.8. The van der Waals surface area contributed by atoms with Crippen molar-refractivity contribution >= 4 is 45.6 Å².